The van der Waals surface area contributed by atoms with Crippen LogP contribution in [-0.4, -0.2) is 41.2 Å². The molecule has 2 aromatic rings. The van der Waals surface area contributed by atoms with E-state index in [0.29, 0.717) is 11.6 Å². The minimum Gasteiger partial charge on any atom is -0.395 e. The van der Waals surface area contributed by atoms with Crippen molar-refractivity contribution in [3.8, 4) is 17.3 Å². The van der Waals surface area contributed by atoms with Crippen molar-refractivity contribution in [1.82, 2.24) is 9.88 Å². The number of halogens is 1. The summed E-state index contributed by atoms with van der Waals surface area (Å²) >= 11 is 7.33. The predicted octanol–water partition coefficient (Wildman–Crippen LogP) is 6.36. The number of hydrogen-bond donors (Lipinski definition) is 1. The SMILES string of the molecule is CC.CC(C#N)c1nc(-c2ccc(Cl)cc2)cs1.CN(CCO)C1CCCCC1. The first kappa shape index (κ1) is 25.6. The fourth-order valence-corrected chi connectivity index (χ4v) is 4.11. The Kier molecular flexibility index (Phi) is 12.8. The molecule has 0 amide bonds. The quantitative estimate of drug-likeness (QED) is 0.593. The third kappa shape index (κ3) is 8.84. The number of rotatable bonds is 5. The van der Waals surface area contributed by atoms with Crippen LogP contribution in [0.2, 0.25) is 5.02 Å². The zero-order chi connectivity index (χ0) is 21.6. The van der Waals surface area contributed by atoms with Crippen LogP contribution >= 0.6 is 22.9 Å². The highest BCUT2D eigenvalue weighted by Crippen LogP contribution is 2.27. The largest absolute Gasteiger partial charge is 0.395 e. The molecule has 1 aliphatic rings. The summed E-state index contributed by atoms with van der Waals surface area (Å²) in [6, 6.07) is 10.5. The summed E-state index contributed by atoms with van der Waals surface area (Å²) in [6.07, 6.45) is 6.82. The molecule has 1 heterocycles. The number of benzene rings is 1. The number of nitriles is 1. The molecule has 160 valence electrons. The number of thiazole rings is 1. The lowest BCUT2D eigenvalue weighted by Crippen LogP contribution is -2.35. The molecule has 1 atom stereocenters. The lowest BCUT2D eigenvalue weighted by Gasteiger charge is -2.30. The van der Waals surface area contributed by atoms with Gasteiger partial charge in [-0.1, -0.05) is 56.8 Å². The van der Waals surface area contributed by atoms with Gasteiger partial charge in [0.1, 0.15) is 5.01 Å². The van der Waals surface area contributed by atoms with Gasteiger partial charge in [0.25, 0.3) is 0 Å². The third-order valence-electron chi connectivity index (χ3n) is 4.88. The van der Waals surface area contributed by atoms with Crippen LogP contribution in [0.3, 0.4) is 0 Å². The van der Waals surface area contributed by atoms with Gasteiger partial charge in [0, 0.05) is 28.6 Å². The maximum Gasteiger partial charge on any atom is 0.110 e. The monoisotopic (exact) mass is 435 g/mol. The number of likely N-dealkylation sites (N-methyl/N-ethyl adjacent to an activating group) is 1. The molecule has 0 bridgehead atoms. The maximum atomic E-state index is 8.80. The third-order valence-corrected chi connectivity index (χ3v) is 6.16. The Morgan fingerprint density at radius 3 is 2.41 bits per heavy atom. The standard InChI is InChI=1S/C12H9ClN2S.C9H19NO.C2H6/c1-8(6-14)12-15-11(7-16-12)9-2-4-10(13)5-3-9;1-10(7-8-11)9-5-3-2-4-6-9;1-2/h2-5,7-8H,1H3;9,11H,2-8H2,1H3;1-2H3. The van der Waals surface area contributed by atoms with Crippen LogP contribution in [0.1, 0.15) is 63.8 Å². The zero-order valence-corrected chi connectivity index (χ0v) is 19.6. The minimum absolute atomic E-state index is 0.147. The van der Waals surface area contributed by atoms with Crippen molar-refractivity contribution < 1.29 is 5.11 Å². The van der Waals surface area contributed by atoms with Gasteiger partial charge in [0.15, 0.2) is 0 Å². The number of aromatic nitrogens is 1. The molecule has 0 spiro atoms. The van der Waals surface area contributed by atoms with Gasteiger partial charge in [-0.3, -0.25) is 0 Å². The number of hydrogen-bond acceptors (Lipinski definition) is 5. The summed E-state index contributed by atoms with van der Waals surface area (Å²) in [6.45, 7) is 6.99. The first-order valence-electron chi connectivity index (χ1n) is 10.5. The second-order valence-electron chi connectivity index (χ2n) is 6.92. The van der Waals surface area contributed by atoms with Gasteiger partial charge in [-0.05, 0) is 38.9 Å². The van der Waals surface area contributed by atoms with E-state index in [9.17, 15) is 0 Å². The molecule has 1 fully saturated rings. The van der Waals surface area contributed by atoms with Gasteiger partial charge >= 0.3 is 0 Å². The molecule has 1 aliphatic carbocycles. The van der Waals surface area contributed by atoms with Crippen molar-refractivity contribution in [2.24, 2.45) is 0 Å². The molecule has 3 rings (SSSR count). The van der Waals surface area contributed by atoms with Gasteiger partial charge < -0.3 is 10.0 Å². The average molecular weight is 436 g/mol. The molecule has 1 aromatic heterocycles. The van der Waals surface area contributed by atoms with Gasteiger partial charge in [-0.15, -0.1) is 11.3 Å². The van der Waals surface area contributed by atoms with Gasteiger partial charge in [0.05, 0.1) is 24.3 Å². The topological polar surface area (TPSA) is 60.2 Å². The highest BCUT2D eigenvalue weighted by molar-refractivity contribution is 7.10. The van der Waals surface area contributed by atoms with E-state index >= 15 is 0 Å². The van der Waals surface area contributed by atoms with Crippen molar-refractivity contribution in [3.63, 3.8) is 0 Å². The first-order valence-corrected chi connectivity index (χ1v) is 11.7. The van der Waals surface area contributed by atoms with E-state index in [1.807, 2.05) is 50.4 Å². The van der Waals surface area contributed by atoms with Gasteiger partial charge in [0.2, 0.25) is 0 Å². The molecule has 4 nitrogen and oxygen atoms in total. The first-order chi connectivity index (χ1) is 14.0. The molecule has 1 unspecified atom stereocenters. The summed E-state index contributed by atoms with van der Waals surface area (Å²) < 4.78 is 0. The lowest BCUT2D eigenvalue weighted by atomic mass is 9.94. The van der Waals surface area contributed by atoms with Crippen LogP contribution in [0.25, 0.3) is 11.3 Å². The molecular weight excluding hydrogens is 402 g/mol. The molecule has 1 aromatic carbocycles. The number of aliphatic hydroxyl groups is 1. The summed E-state index contributed by atoms with van der Waals surface area (Å²) in [5.41, 5.74) is 1.93. The van der Waals surface area contributed by atoms with Crippen LogP contribution in [0.15, 0.2) is 29.6 Å². The molecular formula is C23H34ClN3OS. The zero-order valence-electron chi connectivity index (χ0n) is 18.1. The van der Waals surface area contributed by atoms with Gasteiger partial charge in [-0.2, -0.15) is 5.26 Å². The molecule has 1 saturated carbocycles. The van der Waals surface area contributed by atoms with Crippen LogP contribution in [0, 0.1) is 11.3 Å². The van der Waals surface area contributed by atoms with Crippen molar-refractivity contribution >= 4 is 22.9 Å². The molecule has 6 heteroatoms. The van der Waals surface area contributed by atoms with Crippen molar-refractivity contribution in [2.75, 3.05) is 20.2 Å². The fraction of sp³-hybridized carbons (Fsp3) is 0.565. The lowest BCUT2D eigenvalue weighted by molar-refractivity contribution is 0.152. The van der Waals surface area contributed by atoms with E-state index < -0.39 is 0 Å². The van der Waals surface area contributed by atoms with Crippen molar-refractivity contribution in [2.45, 2.75) is 64.8 Å². The van der Waals surface area contributed by atoms with E-state index in [1.54, 1.807) is 0 Å². The Morgan fingerprint density at radius 1 is 1.24 bits per heavy atom. The highest BCUT2D eigenvalue weighted by atomic mass is 35.5. The van der Waals surface area contributed by atoms with Crippen LogP contribution in [0.4, 0.5) is 0 Å². The van der Waals surface area contributed by atoms with E-state index in [1.165, 1.54) is 43.4 Å². The normalized spacial score (nSPS) is 14.8. The Morgan fingerprint density at radius 2 is 1.86 bits per heavy atom. The Bertz CT molecular complexity index is 720. The summed E-state index contributed by atoms with van der Waals surface area (Å²) in [5, 5.41) is 21.1. The number of aliphatic hydroxyl groups excluding tert-OH is 1. The van der Waals surface area contributed by atoms with Crippen LogP contribution in [-0.2, 0) is 0 Å². The Hall–Kier alpha value is -1.45. The van der Waals surface area contributed by atoms with Gasteiger partial charge in [-0.25, -0.2) is 4.98 Å². The Labute approximate surface area is 185 Å². The second-order valence-corrected chi connectivity index (χ2v) is 8.25. The van der Waals surface area contributed by atoms with E-state index in [4.69, 9.17) is 22.0 Å². The molecule has 1 N–H and O–H groups in total. The molecule has 29 heavy (non-hydrogen) atoms. The Balaban J connectivity index is 0.000000284. The molecule has 0 radical (unpaired) electrons. The van der Waals surface area contributed by atoms with Crippen molar-refractivity contribution in [1.29, 1.82) is 5.26 Å². The summed E-state index contributed by atoms with van der Waals surface area (Å²) in [4.78, 5) is 6.72. The van der Waals surface area contributed by atoms with E-state index in [0.717, 1.165) is 28.9 Å². The highest BCUT2D eigenvalue weighted by Gasteiger charge is 2.16. The smallest absolute Gasteiger partial charge is 0.110 e. The average Bonchev–Trinajstić information content (AvgIpc) is 3.27. The van der Waals surface area contributed by atoms with Crippen molar-refractivity contribution in [3.05, 3.63) is 39.7 Å². The minimum atomic E-state index is -0.147. The molecule has 0 saturated heterocycles. The fourth-order valence-electron chi connectivity index (χ4n) is 3.16. The van der Waals surface area contributed by atoms with Crippen LogP contribution < -0.4 is 0 Å². The summed E-state index contributed by atoms with van der Waals surface area (Å²) in [7, 11) is 2.12. The van der Waals surface area contributed by atoms with Crippen LogP contribution in [0.5, 0.6) is 0 Å². The number of nitrogens with zero attached hydrogens (tertiary/aromatic N) is 3. The second kappa shape index (κ2) is 14.5. The van der Waals surface area contributed by atoms with E-state index in [2.05, 4.69) is 23.0 Å². The maximum absolute atomic E-state index is 8.80. The summed E-state index contributed by atoms with van der Waals surface area (Å²) in [5.74, 6) is -0.147. The molecule has 0 aliphatic heterocycles. The van der Waals surface area contributed by atoms with E-state index in [-0.39, 0.29) is 5.92 Å². The predicted molar refractivity (Wildman–Crippen MR) is 125 cm³/mol.